The number of nitrogens with zero attached hydrogens (tertiary/aromatic N) is 3. The molecular formula is C52H31N3O2. The normalized spacial score (nSPS) is 11.9. The van der Waals surface area contributed by atoms with Crippen molar-refractivity contribution in [2.75, 3.05) is 0 Å². The Labute approximate surface area is 326 Å². The maximum absolute atomic E-state index is 6.52. The minimum absolute atomic E-state index is 0.616. The van der Waals surface area contributed by atoms with E-state index in [0.29, 0.717) is 11.4 Å². The zero-order valence-electron chi connectivity index (χ0n) is 30.6. The molecule has 12 rings (SSSR count). The van der Waals surface area contributed by atoms with Gasteiger partial charge in [0.15, 0.2) is 11.4 Å². The molecule has 4 aromatic heterocycles. The molecule has 0 aliphatic rings. The fourth-order valence-corrected chi connectivity index (χ4v) is 8.56. The predicted molar refractivity (Wildman–Crippen MR) is 233 cm³/mol. The molecule has 0 N–H and O–H groups in total. The Bertz CT molecular complexity index is 3500. The highest BCUT2D eigenvalue weighted by Crippen LogP contribution is 2.42. The third kappa shape index (κ3) is 4.96. The number of fused-ring (bicyclic) bond motifs is 9. The number of furan rings is 2. The lowest BCUT2D eigenvalue weighted by Gasteiger charge is -2.09. The van der Waals surface area contributed by atoms with Gasteiger partial charge in [-0.1, -0.05) is 127 Å². The van der Waals surface area contributed by atoms with E-state index in [1.165, 1.54) is 21.8 Å². The average Bonchev–Trinajstić information content (AvgIpc) is 3.96. The van der Waals surface area contributed by atoms with Crippen molar-refractivity contribution in [1.29, 1.82) is 0 Å². The van der Waals surface area contributed by atoms with Crippen LogP contribution in [0.1, 0.15) is 0 Å². The van der Waals surface area contributed by atoms with Crippen LogP contribution in [0.2, 0.25) is 0 Å². The van der Waals surface area contributed by atoms with Gasteiger partial charge in [0.25, 0.3) is 0 Å². The van der Waals surface area contributed by atoms with Crippen LogP contribution in [0.5, 0.6) is 0 Å². The summed E-state index contributed by atoms with van der Waals surface area (Å²) >= 11 is 0. The second-order valence-corrected chi connectivity index (χ2v) is 14.5. The second-order valence-electron chi connectivity index (χ2n) is 14.5. The van der Waals surface area contributed by atoms with E-state index in [9.17, 15) is 0 Å². The molecule has 0 fully saturated rings. The van der Waals surface area contributed by atoms with Gasteiger partial charge in [0.1, 0.15) is 28.0 Å². The minimum atomic E-state index is 0.616. The van der Waals surface area contributed by atoms with Crippen LogP contribution in [-0.2, 0) is 0 Å². The number of hydrogen-bond acceptors (Lipinski definition) is 4. The predicted octanol–water partition coefficient (Wildman–Crippen LogP) is 14.0. The van der Waals surface area contributed by atoms with E-state index in [2.05, 4.69) is 156 Å². The molecule has 0 radical (unpaired) electrons. The van der Waals surface area contributed by atoms with Gasteiger partial charge in [-0.15, -0.1) is 0 Å². The fourth-order valence-electron chi connectivity index (χ4n) is 8.56. The highest BCUT2D eigenvalue weighted by Gasteiger charge is 2.22. The molecule has 5 heteroatoms. The van der Waals surface area contributed by atoms with Crippen molar-refractivity contribution in [3.05, 3.63) is 188 Å². The van der Waals surface area contributed by atoms with E-state index in [0.717, 1.165) is 83.2 Å². The Balaban J connectivity index is 1.04. The third-order valence-electron chi connectivity index (χ3n) is 11.2. The van der Waals surface area contributed by atoms with Crippen LogP contribution >= 0.6 is 0 Å². The molecule has 4 heterocycles. The first-order valence-electron chi connectivity index (χ1n) is 19.1. The summed E-state index contributed by atoms with van der Waals surface area (Å²) in [6, 6.07) is 65.6. The lowest BCUT2D eigenvalue weighted by Crippen LogP contribution is -1.94. The zero-order valence-corrected chi connectivity index (χ0v) is 30.6. The van der Waals surface area contributed by atoms with Crippen LogP contribution in [0.25, 0.3) is 116 Å². The second kappa shape index (κ2) is 12.4. The maximum atomic E-state index is 6.52. The van der Waals surface area contributed by atoms with Gasteiger partial charge in [0.2, 0.25) is 0 Å². The highest BCUT2D eigenvalue weighted by atomic mass is 16.3. The van der Waals surface area contributed by atoms with Gasteiger partial charge in [-0.05, 0) is 82.9 Å². The van der Waals surface area contributed by atoms with E-state index in [4.69, 9.17) is 18.8 Å². The van der Waals surface area contributed by atoms with Crippen LogP contribution in [-0.4, -0.2) is 14.5 Å². The van der Waals surface area contributed by atoms with Gasteiger partial charge in [0, 0.05) is 43.7 Å². The third-order valence-corrected chi connectivity index (χ3v) is 11.2. The van der Waals surface area contributed by atoms with Gasteiger partial charge in [-0.3, -0.25) is 0 Å². The Morgan fingerprint density at radius 2 is 1.00 bits per heavy atom. The topological polar surface area (TPSA) is 57.0 Å². The number of aromatic nitrogens is 3. The zero-order chi connectivity index (χ0) is 37.5. The van der Waals surface area contributed by atoms with Crippen molar-refractivity contribution >= 4 is 65.8 Å². The van der Waals surface area contributed by atoms with Crippen molar-refractivity contribution in [1.82, 2.24) is 14.5 Å². The number of para-hydroxylation sites is 3. The van der Waals surface area contributed by atoms with Crippen LogP contribution in [0.3, 0.4) is 0 Å². The molecule has 0 saturated carbocycles. The summed E-state index contributed by atoms with van der Waals surface area (Å²) in [7, 11) is 0. The first-order chi connectivity index (χ1) is 28.2. The summed E-state index contributed by atoms with van der Waals surface area (Å²) in [6.07, 6.45) is 0. The van der Waals surface area contributed by atoms with Crippen LogP contribution in [0.15, 0.2) is 197 Å². The summed E-state index contributed by atoms with van der Waals surface area (Å²) in [4.78, 5) is 10.5. The molecule has 0 bridgehead atoms. The largest absolute Gasteiger partial charge is 0.456 e. The molecule has 0 atom stereocenters. The van der Waals surface area contributed by atoms with Crippen molar-refractivity contribution in [3.63, 3.8) is 0 Å². The van der Waals surface area contributed by atoms with Crippen LogP contribution in [0.4, 0.5) is 0 Å². The van der Waals surface area contributed by atoms with Crippen LogP contribution in [0, 0.1) is 0 Å². The smallest absolute Gasteiger partial charge is 0.180 e. The van der Waals surface area contributed by atoms with Crippen molar-refractivity contribution in [3.8, 4) is 50.6 Å². The van der Waals surface area contributed by atoms with Gasteiger partial charge >= 0.3 is 0 Å². The fraction of sp³-hybridized carbons (Fsp3) is 0. The summed E-state index contributed by atoms with van der Waals surface area (Å²) in [5.74, 6) is 0.616. The quantitative estimate of drug-likeness (QED) is 0.177. The van der Waals surface area contributed by atoms with Crippen molar-refractivity contribution in [2.24, 2.45) is 0 Å². The van der Waals surface area contributed by atoms with Gasteiger partial charge in [0.05, 0.1) is 11.0 Å². The molecule has 0 unspecified atom stereocenters. The standard InChI is InChI=1S/C52H31N3O2/c1-3-12-32(13-4-1)33-22-24-34(25-23-33)49-51-50(39-17-8-10-20-45(39)57-51)54-52(53-49)40-18-11-21-47-48(40)42-31-36(27-29-46(42)56-47)35-26-28-44-41(30-35)38-16-7-9-19-43(38)55(44)37-14-5-2-6-15-37/h1-31H. The Kier molecular flexibility index (Phi) is 6.86. The Hall–Kier alpha value is -7.76. The van der Waals surface area contributed by atoms with Gasteiger partial charge < -0.3 is 13.4 Å². The van der Waals surface area contributed by atoms with E-state index in [1.54, 1.807) is 0 Å². The molecule has 0 aliphatic carbocycles. The number of benzene rings is 8. The SMILES string of the molecule is c1ccc(-c2ccc(-c3nc(-c4cccc5oc6ccc(-c7ccc8c(c7)c7ccccc7n8-c7ccccc7)cc6c45)nc4c3oc3ccccc34)cc2)cc1. The monoisotopic (exact) mass is 729 g/mol. The highest BCUT2D eigenvalue weighted by molar-refractivity contribution is 6.15. The molecule has 57 heavy (non-hydrogen) atoms. The first kappa shape index (κ1) is 31.6. The minimum Gasteiger partial charge on any atom is -0.456 e. The van der Waals surface area contributed by atoms with E-state index in [1.807, 2.05) is 36.4 Å². The molecule has 12 aromatic rings. The molecule has 266 valence electrons. The molecule has 0 amide bonds. The van der Waals surface area contributed by atoms with E-state index in [-0.39, 0.29) is 0 Å². The Morgan fingerprint density at radius 3 is 1.84 bits per heavy atom. The molecular weight excluding hydrogens is 699 g/mol. The molecule has 8 aromatic carbocycles. The van der Waals surface area contributed by atoms with E-state index >= 15 is 0 Å². The average molecular weight is 730 g/mol. The first-order valence-corrected chi connectivity index (χ1v) is 19.1. The van der Waals surface area contributed by atoms with Gasteiger partial charge in [-0.25, -0.2) is 9.97 Å². The van der Waals surface area contributed by atoms with Crippen molar-refractivity contribution < 1.29 is 8.83 Å². The molecule has 5 nitrogen and oxygen atoms in total. The van der Waals surface area contributed by atoms with Crippen LogP contribution < -0.4 is 0 Å². The molecule has 0 saturated heterocycles. The summed E-state index contributed by atoms with van der Waals surface area (Å²) < 4.78 is 15.4. The van der Waals surface area contributed by atoms with Crippen molar-refractivity contribution in [2.45, 2.75) is 0 Å². The molecule has 0 aliphatic heterocycles. The molecule has 0 spiro atoms. The number of hydrogen-bond donors (Lipinski definition) is 0. The number of rotatable bonds is 5. The lowest BCUT2D eigenvalue weighted by molar-refractivity contribution is 0.667. The lowest BCUT2D eigenvalue weighted by atomic mass is 9.99. The van der Waals surface area contributed by atoms with Gasteiger partial charge in [-0.2, -0.15) is 0 Å². The van der Waals surface area contributed by atoms with E-state index < -0.39 is 0 Å². The Morgan fingerprint density at radius 1 is 0.386 bits per heavy atom. The summed E-state index contributed by atoms with van der Waals surface area (Å²) in [6.45, 7) is 0. The maximum Gasteiger partial charge on any atom is 0.180 e. The summed E-state index contributed by atoms with van der Waals surface area (Å²) in [5.41, 5.74) is 14.5. The summed E-state index contributed by atoms with van der Waals surface area (Å²) in [5, 5.41) is 5.38.